The second-order valence-corrected chi connectivity index (χ2v) is 8.94. The highest BCUT2D eigenvalue weighted by atomic mass is 32.1. The number of nitrogens with one attached hydrogen (secondary N) is 2. The molecule has 4 rings (SSSR count). The first-order chi connectivity index (χ1) is 16.4. The van der Waals surface area contributed by atoms with Crippen LogP contribution in [0.15, 0.2) is 60.8 Å². The van der Waals surface area contributed by atoms with Crippen LogP contribution in [0.2, 0.25) is 0 Å². The van der Waals surface area contributed by atoms with E-state index in [0.717, 1.165) is 21.9 Å². The minimum absolute atomic E-state index is 0.0957. The van der Waals surface area contributed by atoms with E-state index in [2.05, 4.69) is 30.6 Å². The van der Waals surface area contributed by atoms with E-state index in [1.807, 2.05) is 92.5 Å². The normalized spacial score (nSPS) is 10.6. The molecule has 0 fully saturated rings. The van der Waals surface area contributed by atoms with Gasteiger partial charge in [0.2, 0.25) is 17.8 Å². The third-order valence-corrected chi connectivity index (χ3v) is 5.87. The van der Waals surface area contributed by atoms with Gasteiger partial charge in [0.1, 0.15) is 5.82 Å². The second-order valence-electron chi connectivity index (χ2n) is 7.82. The van der Waals surface area contributed by atoms with Crippen molar-refractivity contribution in [1.29, 1.82) is 0 Å². The number of hydrogen-bond donors (Lipinski definition) is 2. The quantitative estimate of drug-likeness (QED) is 0.388. The number of anilines is 6. The van der Waals surface area contributed by atoms with Crippen LogP contribution in [0.3, 0.4) is 0 Å². The molecule has 174 valence electrons. The lowest BCUT2D eigenvalue weighted by molar-refractivity contribution is -0.115. The number of aromatic nitrogens is 4. The molecule has 34 heavy (non-hydrogen) atoms. The van der Waals surface area contributed by atoms with Crippen molar-refractivity contribution in [1.82, 2.24) is 19.9 Å². The number of rotatable bonds is 8. The van der Waals surface area contributed by atoms with Crippen molar-refractivity contribution in [3.63, 3.8) is 0 Å². The molecule has 0 aliphatic heterocycles. The number of amides is 1. The number of carbonyl (C=O) groups is 1. The molecular weight excluding hydrogens is 448 g/mol. The molecule has 10 heteroatoms. The predicted molar refractivity (Wildman–Crippen MR) is 138 cm³/mol. The second kappa shape index (κ2) is 10.3. The predicted octanol–water partition coefficient (Wildman–Crippen LogP) is 4.40. The van der Waals surface area contributed by atoms with Crippen LogP contribution in [0, 0.1) is 6.92 Å². The maximum Gasteiger partial charge on any atom is 0.234 e. The number of aryl methyl sites for hydroxylation is 1. The lowest BCUT2D eigenvalue weighted by atomic mass is 10.2. The van der Waals surface area contributed by atoms with Gasteiger partial charge < -0.3 is 15.1 Å². The molecule has 0 atom stereocenters. The van der Waals surface area contributed by atoms with Gasteiger partial charge in [-0.05, 0) is 43.3 Å². The molecule has 0 aliphatic carbocycles. The highest BCUT2D eigenvalue weighted by Crippen LogP contribution is 2.26. The van der Waals surface area contributed by atoms with E-state index in [1.165, 1.54) is 11.3 Å². The number of nitrogens with zero attached hydrogens (tertiary/aromatic N) is 6. The minimum atomic E-state index is -0.0957. The summed E-state index contributed by atoms with van der Waals surface area (Å²) in [6.07, 6.45) is 1.92. The van der Waals surface area contributed by atoms with Gasteiger partial charge in [-0.1, -0.05) is 18.2 Å². The maximum absolute atomic E-state index is 12.3. The van der Waals surface area contributed by atoms with E-state index in [0.29, 0.717) is 22.9 Å². The molecule has 2 aromatic carbocycles. The Morgan fingerprint density at radius 1 is 0.941 bits per heavy atom. The Morgan fingerprint density at radius 2 is 1.65 bits per heavy atom. The largest absolute Gasteiger partial charge is 0.378 e. The average Bonchev–Trinajstić information content (AvgIpc) is 3.25. The summed E-state index contributed by atoms with van der Waals surface area (Å²) in [5, 5.41) is 6.63. The third kappa shape index (κ3) is 5.84. The minimum Gasteiger partial charge on any atom is -0.378 e. The molecule has 9 nitrogen and oxygen atoms in total. The lowest BCUT2D eigenvalue weighted by Gasteiger charge is -2.19. The summed E-state index contributed by atoms with van der Waals surface area (Å²) in [4.78, 5) is 34.9. The van der Waals surface area contributed by atoms with Crippen molar-refractivity contribution in [3.8, 4) is 0 Å². The van der Waals surface area contributed by atoms with Crippen molar-refractivity contribution in [3.05, 3.63) is 71.5 Å². The van der Waals surface area contributed by atoms with Crippen LogP contribution >= 0.6 is 11.3 Å². The van der Waals surface area contributed by atoms with Gasteiger partial charge in [-0.25, -0.2) is 4.98 Å². The van der Waals surface area contributed by atoms with Crippen LogP contribution in [-0.2, 0) is 11.2 Å². The van der Waals surface area contributed by atoms with Crippen LogP contribution in [0.25, 0.3) is 0 Å². The SMILES string of the molecule is Cc1nc(Nc2ncc(CC(=O)Nc3ccccc3)s2)nc(N(C)c2ccc(N(C)C)cc2)n1. The lowest BCUT2D eigenvalue weighted by Crippen LogP contribution is -2.16. The van der Waals surface area contributed by atoms with Crippen LogP contribution in [-0.4, -0.2) is 47.0 Å². The van der Waals surface area contributed by atoms with Crippen LogP contribution in [0.4, 0.5) is 34.1 Å². The summed E-state index contributed by atoms with van der Waals surface area (Å²) in [5.74, 6) is 1.41. The number of hydrogen-bond acceptors (Lipinski definition) is 9. The fraction of sp³-hybridized carbons (Fsp3) is 0.208. The molecule has 2 heterocycles. The topological polar surface area (TPSA) is 99.2 Å². The van der Waals surface area contributed by atoms with E-state index >= 15 is 0 Å². The van der Waals surface area contributed by atoms with Gasteiger partial charge in [-0.3, -0.25) is 10.1 Å². The Morgan fingerprint density at radius 3 is 2.35 bits per heavy atom. The Labute approximate surface area is 202 Å². The van der Waals surface area contributed by atoms with Gasteiger partial charge in [-0.15, -0.1) is 11.3 Å². The molecule has 2 aromatic heterocycles. The third-order valence-electron chi connectivity index (χ3n) is 4.95. The first kappa shape index (κ1) is 23.1. The van der Waals surface area contributed by atoms with Gasteiger partial charge in [0.15, 0.2) is 5.13 Å². The van der Waals surface area contributed by atoms with Gasteiger partial charge in [0.05, 0.1) is 6.42 Å². The standard InChI is InChI=1S/C24H26N8OS/c1-16-26-22(29-23(27-16)32(4)19-12-10-18(11-13-19)31(2)3)30-24-25-15-20(34-24)14-21(33)28-17-8-6-5-7-9-17/h5-13,15H,14H2,1-4H3,(H,28,33)(H,25,26,27,29,30). The Bertz CT molecular complexity index is 1260. The van der Waals surface area contributed by atoms with Crippen LogP contribution < -0.4 is 20.4 Å². The molecule has 0 unspecified atom stereocenters. The van der Waals surface area contributed by atoms with E-state index in [1.54, 1.807) is 6.20 Å². The number of carbonyl (C=O) groups excluding carboxylic acids is 1. The van der Waals surface area contributed by atoms with Gasteiger partial charge in [-0.2, -0.15) is 15.0 Å². The van der Waals surface area contributed by atoms with Gasteiger partial charge in [0.25, 0.3) is 0 Å². The molecule has 0 bridgehead atoms. The Kier molecular flexibility index (Phi) is 6.98. The Hall–Kier alpha value is -4.05. The van der Waals surface area contributed by atoms with E-state index < -0.39 is 0 Å². The molecule has 1 amide bonds. The molecule has 0 spiro atoms. The summed E-state index contributed by atoms with van der Waals surface area (Å²) < 4.78 is 0. The van der Waals surface area contributed by atoms with E-state index in [9.17, 15) is 4.79 Å². The van der Waals surface area contributed by atoms with Crippen LogP contribution in [0.1, 0.15) is 10.7 Å². The number of para-hydroxylation sites is 1. The monoisotopic (exact) mass is 474 g/mol. The van der Waals surface area contributed by atoms with Crippen molar-refractivity contribution in [2.24, 2.45) is 0 Å². The Balaban J connectivity index is 1.43. The van der Waals surface area contributed by atoms with Crippen LogP contribution in [0.5, 0.6) is 0 Å². The summed E-state index contributed by atoms with van der Waals surface area (Å²) >= 11 is 1.39. The van der Waals surface area contributed by atoms with Crippen molar-refractivity contribution in [2.75, 3.05) is 41.6 Å². The van der Waals surface area contributed by atoms with E-state index in [4.69, 9.17) is 0 Å². The van der Waals surface area contributed by atoms with Crippen molar-refractivity contribution in [2.45, 2.75) is 13.3 Å². The molecule has 0 saturated carbocycles. The fourth-order valence-corrected chi connectivity index (χ4v) is 4.00. The fourth-order valence-electron chi connectivity index (χ4n) is 3.19. The van der Waals surface area contributed by atoms with Gasteiger partial charge in [0, 0.05) is 49.3 Å². The van der Waals surface area contributed by atoms with Crippen molar-refractivity contribution >= 4 is 51.3 Å². The zero-order valence-electron chi connectivity index (χ0n) is 19.5. The van der Waals surface area contributed by atoms with Gasteiger partial charge >= 0.3 is 0 Å². The van der Waals surface area contributed by atoms with Crippen molar-refractivity contribution < 1.29 is 4.79 Å². The molecule has 0 saturated heterocycles. The average molecular weight is 475 g/mol. The first-order valence-corrected chi connectivity index (χ1v) is 11.5. The summed E-state index contributed by atoms with van der Waals surface area (Å²) in [6.45, 7) is 1.82. The molecular formula is C24H26N8OS. The molecule has 0 aliphatic rings. The smallest absolute Gasteiger partial charge is 0.234 e. The zero-order valence-corrected chi connectivity index (χ0v) is 20.3. The zero-order chi connectivity index (χ0) is 24.1. The highest BCUT2D eigenvalue weighted by Gasteiger charge is 2.13. The summed E-state index contributed by atoms with van der Waals surface area (Å²) in [5.41, 5.74) is 2.84. The number of thiazole rings is 1. The maximum atomic E-state index is 12.3. The first-order valence-electron chi connectivity index (χ1n) is 10.7. The molecule has 4 aromatic rings. The summed E-state index contributed by atoms with van der Waals surface area (Å²) in [6, 6.07) is 17.5. The highest BCUT2D eigenvalue weighted by molar-refractivity contribution is 7.15. The molecule has 0 radical (unpaired) electrons. The van der Waals surface area contributed by atoms with E-state index in [-0.39, 0.29) is 12.3 Å². The number of benzene rings is 2. The summed E-state index contributed by atoms with van der Waals surface area (Å²) in [7, 11) is 5.92. The molecule has 2 N–H and O–H groups in total.